The Labute approximate surface area is 96.3 Å². The van der Waals surface area contributed by atoms with Crippen LogP contribution in [0.4, 0.5) is 8.78 Å². The summed E-state index contributed by atoms with van der Waals surface area (Å²) in [6.45, 7) is 1.48. The van der Waals surface area contributed by atoms with Crippen LogP contribution in [0.15, 0.2) is 29.8 Å². The van der Waals surface area contributed by atoms with Gasteiger partial charge in [0.2, 0.25) is 0 Å². The standard InChI is InChI=1S/C12H9F2NO2/c1-7-4-11(16)15(12(7)17)6-8-2-3-9(13)10(14)5-8/h2-5H,6H2,1H3. The molecule has 0 aliphatic carbocycles. The van der Waals surface area contributed by atoms with Crippen LogP contribution in [0, 0.1) is 11.6 Å². The molecule has 1 aliphatic heterocycles. The lowest BCUT2D eigenvalue weighted by Crippen LogP contribution is -2.30. The predicted octanol–water partition coefficient (Wildman–Crippen LogP) is 1.78. The smallest absolute Gasteiger partial charge is 0.256 e. The molecule has 88 valence electrons. The van der Waals surface area contributed by atoms with Gasteiger partial charge >= 0.3 is 0 Å². The molecule has 0 spiro atoms. The molecule has 2 rings (SSSR count). The van der Waals surface area contributed by atoms with Crippen molar-refractivity contribution in [2.75, 3.05) is 0 Å². The average Bonchev–Trinajstić information content (AvgIpc) is 2.50. The molecule has 1 aromatic rings. The number of amides is 2. The van der Waals surface area contributed by atoms with E-state index >= 15 is 0 Å². The summed E-state index contributed by atoms with van der Waals surface area (Å²) in [7, 11) is 0. The van der Waals surface area contributed by atoms with E-state index in [1.165, 1.54) is 19.1 Å². The molecule has 2 amide bonds. The van der Waals surface area contributed by atoms with Crippen molar-refractivity contribution < 1.29 is 18.4 Å². The molecule has 3 nitrogen and oxygen atoms in total. The molecule has 0 atom stereocenters. The zero-order valence-corrected chi connectivity index (χ0v) is 9.04. The van der Waals surface area contributed by atoms with E-state index in [-0.39, 0.29) is 6.54 Å². The van der Waals surface area contributed by atoms with Crippen molar-refractivity contribution in [2.45, 2.75) is 13.5 Å². The maximum Gasteiger partial charge on any atom is 0.256 e. The SMILES string of the molecule is CC1=CC(=O)N(Cc2ccc(F)c(F)c2)C1=O. The molecule has 0 N–H and O–H groups in total. The Bertz CT molecular complexity index is 537. The molecule has 0 bridgehead atoms. The van der Waals surface area contributed by atoms with Crippen LogP contribution >= 0.6 is 0 Å². The van der Waals surface area contributed by atoms with Gasteiger partial charge in [0.25, 0.3) is 11.8 Å². The zero-order valence-electron chi connectivity index (χ0n) is 9.04. The minimum atomic E-state index is -0.994. The van der Waals surface area contributed by atoms with Gasteiger partial charge in [-0.05, 0) is 24.6 Å². The molecule has 0 fully saturated rings. The van der Waals surface area contributed by atoms with Crippen molar-refractivity contribution in [1.29, 1.82) is 0 Å². The molecule has 5 heteroatoms. The van der Waals surface area contributed by atoms with Gasteiger partial charge in [-0.1, -0.05) is 6.07 Å². The van der Waals surface area contributed by atoms with Crippen molar-refractivity contribution >= 4 is 11.8 Å². The van der Waals surface area contributed by atoms with E-state index in [4.69, 9.17) is 0 Å². The summed E-state index contributed by atoms with van der Waals surface area (Å²) in [5, 5.41) is 0. The van der Waals surface area contributed by atoms with Gasteiger partial charge < -0.3 is 0 Å². The number of imide groups is 1. The second-order valence-electron chi connectivity index (χ2n) is 3.81. The van der Waals surface area contributed by atoms with E-state index in [2.05, 4.69) is 0 Å². The maximum atomic E-state index is 12.9. The summed E-state index contributed by atoms with van der Waals surface area (Å²) >= 11 is 0. The highest BCUT2D eigenvalue weighted by atomic mass is 19.2. The summed E-state index contributed by atoms with van der Waals surface area (Å²) in [6, 6.07) is 3.28. The first kappa shape index (κ1) is 11.4. The molecule has 0 radical (unpaired) electrons. The summed E-state index contributed by atoms with van der Waals surface area (Å²) < 4.78 is 25.6. The fourth-order valence-electron chi connectivity index (χ4n) is 1.61. The highest BCUT2D eigenvalue weighted by Gasteiger charge is 2.28. The van der Waals surface area contributed by atoms with E-state index in [0.29, 0.717) is 11.1 Å². The van der Waals surface area contributed by atoms with Gasteiger partial charge in [0.05, 0.1) is 6.54 Å². The van der Waals surface area contributed by atoms with Crippen LogP contribution in [-0.4, -0.2) is 16.7 Å². The van der Waals surface area contributed by atoms with Gasteiger partial charge in [-0.25, -0.2) is 8.78 Å². The number of hydrogen-bond acceptors (Lipinski definition) is 2. The maximum absolute atomic E-state index is 12.9. The Kier molecular flexibility index (Phi) is 2.75. The van der Waals surface area contributed by atoms with Gasteiger partial charge in [0.15, 0.2) is 11.6 Å². The number of rotatable bonds is 2. The first-order valence-corrected chi connectivity index (χ1v) is 4.97. The third kappa shape index (κ3) is 2.08. The predicted molar refractivity (Wildman–Crippen MR) is 55.7 cm³/mol. The van der Waals surface area contributed by atoms with Crippen molar-refractivity contribution in [3.63, 3.8) is 0 Å². The molecule has 0 saturated carbocycles. The van der Waals surface area contributed by atoms with E-state index in [9.17, 15) is 18.4 Å². The molecular formula is C12H9F2NO2. The first-order chi connectivity index (χ1) is 7.99. The zero-order chi connectivity index (χ0) is 12.6. The minimum Gasteiger partial charge on any atom is -0.271 e. The Morgan fingerprint density at radius 1 is 1.18 bits per heavy atom. The van der Waals surface area contributed by atoms with Crippen LogP contribution in [0.3, 0.4) is 0 Å². The molecule has 0 unspecified atom stereocenters. The Morgan fingerprint density at radius 3 is 2.41 bits per heavy atom. The van der Waals surface area contributed by atoms with Crippen LogP contribution in [-0.2, 0) is 16.1 Å². The normalized spacial score (nSPS) is 15.5. The second-order valence-corrected chi connectivity index (χ2v) is 3.81. The van der Waals surface area contributed by atoms with Crippen molar-refractivity contribution in [3.8, 4) is 0 Å². The lowest BCUT2D eigenvalue weighted by atomic mass is 10.2. The number of nitrogens with zero attached hydrogens (tertiary/aromatic N) is 1. The second kappa shape index (κ2) is 4.08. The van der Waals surface area contributed by atoms with Gasteiger partial charge in [-0.15, -0.1) is 0 Å². The van der Waals surface area contributed by atoms with Crippen LogP contribution in [0.5, 0.6) is 0 Å². The molecule has 1 heterocycles. The van der Waals surface area contributed by atoms with Crippen molar-refractivity contribution in [1.82, 2.24) is 4.90 Å². The van der Waals surface area contributed by atoms with Crippen LogP contribution in [0.2, 0.25) is 0 Å². The summed E-state index contributed by atoms with van der Waals surface area (Å²) in [6.07, 6.45) is 1.22. The monoisotopic (exact) mass is 237 g/mol. The molecular weight excluding hydrogens is 228 g/mol. The molecule has 1 aromatic carbocycles. The number of carbonyl (C=O) groups is 2. The molecule has 0 saturated heterocycles. The summed E-state index contributed by atoms with van der Waals surface area (Å²) in [4.78, 5) is 23.9. The van der Waals surface area contributed by atoms with Crippen molar-refractivity contribution in [3.05, 3.63) is 47.0 Å². The summed E-state index contributed by atoms with van der Waals surface area (Å²) in [5.41, 5.74) is 0.714. The highest BCUT2D eigenvalue weighted by Crippen LogP contribution is 2.17. The molecule has 0 aromatic heterocycles. The molecule has 1 aliphatic rings. The number of hydrogen-bond donors (Lipinski definition) is 0. The quantitative estimate of drug-likeness (QED) is 0.735. The fourth-order valence-corrected chi connectivity index (χ4v) is 1.61. The third-order valence-electron chi connectivity index (χ3n) is 2.51. The lowest BCUT2D eigenvalue weighted by molar-refractivity contribution is -0.137. The van der Waals surface area contributed by atoms with Crippen LogP contribution in [0.1, 0.15) is 12.5 Å². The van der Waals surface area contributed by atoms with Crippen LogP contribution < -0.4 is 0 Å². The van der Waals surface area contributed by atoms with Crippen LogP contribution in [0.25, 0.3) is 0 Å². The topological polar surface area (TPSA) is 37.4 Å². The Morgan fingerprint density at radius 2 is 1.88 bits per heavy atom. The average molecular weight is 237 g/mol. The minimum absolute atomic E-state index is 0.0529. The number of carbonyl (C=O) groups excluding carboxylic acids is 2. The highest BCUT2D eigenvalue weighted by molar-refractivity contribution is 6.15. The fraction of sp³-hybridized carbons (Fsp3) is 0.167. The van der Waals surface area contributed by atoms with E-state index in [1.807, 2.05) is 0 Å². The number of benzene rings is 1. The Balaban J connectivity index is 2.20. The lowest BCUT2D eigenvalue weighted by Gasteiger charge is -2.14. The third-order valence-corrected chi connectivity index (χ3v) is 2.51. The largest absolute Gasteiger partial charge is 0.271 e. The van der Waals surface area contributed by atoms with E-state index in [1.54, 1.807) is 0 Å². The van der Waals surface area contributed by atoms with Gasteiger partial charge in [0.1, 0.15) is 0 Å². The van der Waals surface area contributed by atoms with E-state index in [0.717, 1.165) is 17.0 Å². The van der Waals surface area contributed by atoms with Gasteiger partial charge in [-0.2, -0.15) is 0 Å². The van der Waals surface area contributed by atoms with Crippen molar-refractivity contribution in [2.24, 2.45) is 0 Å². The number of halogens is 2. The summed E-state index contributed by atoms with van der Waals surface area (Å²) in [5.74, 6) is -2.79. The van der Waals surface area contributed by atoms with Gasteiger partial charge in [0, 0.05) is 11.6 Å². The Hall–Kier alpha value is -2.04. The first-order valence-electron chi connectivity index (χ1n) is 4.97. The molecule has 17 heavy (non-hydrogen) atoms. The van der Waals surface area contributed by atoms with E-state index < -0.39 is 23.4 Å². The van der Waals surface area contributed by atoms with Gasteiger partial charge in [-0.3, -0.25) is 14.5 Å².